The molecule has 6 nitrogen and oxygen atoms in total. The van der Waals surface area contributed by atoms with E-state index in [-0.39, 0.29) is 11.8 Å². The molecule has 1 aromatic carbocycles. The Kier molecular flexibility index (Phi) is 5.31. The molecule has 7 heteroatoms. The number of anilines is 1. The molecule has 0 bridgehead atoms. The van der Waals surface area contributed by atoms with E-state index < -0.39 is 0 Å². The maximum Gasteiger partial charge on any atom is 0.227 e. The first-order valence-corrected chi connectivity index (χ1v) is 10.0. The van der Waals surface area contributed by atoms with E-state index in [1.54, 1.807) is 17.5 Å². The molecule has 140 valence electrons. The number of hydrogen-bond donors (Lipinski definition) is 2. The molecule has 1 fully saturated rings. The molecule has 0 radical (unpaired) electrons. The molecule has 0 unspecified atom stereocenters. The first kappa shape index (κ1) is 17.9. The first-order valence-electron chi connectivity index (χ1n) is 9.22. The molecule has 3 aromatic rings. The van der Waals surface area contributed by atoms with E-state index >= 15 is 0 Å². The fourth-order valence-corrected chi connectivity index (χ4v) is 4.31. The largest absolute Gasteiger partial charge is 0.326 e. The summed E-state index contributed by atoms with van der Waals surface area (Å²) in [5.74, 6) is 0.185. The number of thiazole rings is 1. The summed E-state index contributed by atoms with van der Waals surface area (Å²) >= 11 is 1.75. The number of piperidine rings is 1. The van der Waals surface area contributed by atoms with Crippen molar-refractivity contribution in [1.82, 2.24) is 20.1 Å². The highest BCUT2D eigenvalue weighted by Crippen LogP contribution is 2.24. The van der Waals surface area contributed by atoms with Crippen molar-refractivity contribution in [2.24, 2.45) is 5.92 Å². The number of hydrogen-bond acceptors (Lipinski definition) is 5. The molecule has 2 N–H and O–H groups in total. The van der Waals surface area contributed by atoms with E-state index in [9.17, 15) is 4.79 Å². The predicted molar refractivity (Wildman–Crippen MR) is 108 cm³/mol. The zero-order chi connectivity index (χ0) is 18.6. The van der Waals surface area contributed by atoms with E-state index in [0.29, 0.717) is 0 Å². The third-order valence-corrected chi connectivity index (χ3v) is 5.85. The number of H-pyrrole nitrogens is 1. The highest BCUT2D eigenvalue weighted by molar-refractivity contribution is 7.11. The van der Waals surface area contributed by atoms with Crippen LogP contribution >= 0.6 is 11.3 Å². The van der Waals surface area contributed by atoms with Crippen LogP contribution in [0.3, 0.4) is 0 Å². The lowest BCUT2D eigenvalue weighted by atomic mass is 9.95. The maximum atomic E-state index is 12.7. The number of carbonyl (C=O) groups is 1. The van der Waals surface area contributed by atoms with Gasteiger partial charge in [0, 0.05) is 41.0 Å². The minimum Gasteiger partial charge on any atom is -0.326 e. The van der Waals surface area contributed by atoms with Gasteiger partial charge in [-0.15, -0.1) is 11.3 Å². The van der Waals surface area contributed by atoms with Crippen LogP contribution in [0.2, 0.25) is 0 Å². The fourth-order valence-electron chi connectivity index (χ4n) is 3.48. The standard InChI is InChI=1S/C20H23N5OS/c1-14-21-12-18(27-14)13-25-9-6-15(7-10-25)20(26)23-17-4-2-3-16(11-17)19-5-8-22-24-19/h2-5,8,11-12,15H,6-7,9-10,13H2,1H3,(H,22,24)(H,23,26). The summed E-state index contributed by atoms with van der Waals surface area (Å²) in [5, 5.41) is 11.1. The van der Waals surface area contributed by atoms with Crippen LogP contribution in [0.25, 0.3) is 11.3 Å². The van der Waals surface area contributed by atoms with E-state index in [0.717, 1.165) is 54.4 Å². The van der Waals surface area contributed by atoms with Gasteiger partial charge in [0.25, 0.3) is 0 Å². The van der Waals surface area contributed by atoms with Gasteiger partial charge in [-0.05, 0) is 51.1 Å². The number of rotatable bonds is 5. The van der Waals surface area contributed by atoms with Crippen molar-refractivity contribution < 1.29 is 4.79 Å². The molecule has 0 spiro atoms. The summed E-state index contributed by atoms with van der Waals surface area (Å²) < 4.78 is 0. The van der Waals surface area contributed by atoms with Crippen LogP contribution in [-0.2, 0) is 11.3 Å². The van der Waals surface area contributed by atoms with Gasteiger partial charge >= 0.3 is 0 Å². The number of aromatic amines is 1. The maximum absolute atomic E-state index is 12.7. The number of aromatic nitrogens is 3. The van der Waals surface area contributed by atoms with E-state index in [4.69, 9.17) is 0 Å². The SMILES string of the molecule is Cc1ncc(CN2CCC(C(=O)Nc3cccc(-c4ccn[nH]4)c3)CC2)s1. The van der Waals surface area contributed by atoms with Crippen molar-refractivity contribution in [3.63, 3.8) is 0 Å². The van der Waals surface area contributed by atoms with Crippen molar-refractivity contribution in [1.29, 1.82) is 0 Å². The third kappa shape index (κ3) is 4.43. The lowest BCUT2D eigenvalue weighted by Crippen LogP contribution is -2.37. The average Bonchev–Trinajstić information content (AvgIpc) is 3.35. The van der Waals surface area contributed by atoms with Crippen molar-refractivity contribution in [2.75, 3.05) is 18.4 Å². The Labute approximate surface area is 162 Å². The lowest BCUT2D eigenvalue weighted by Gasteiger charge is -2.30. The van der Waals surface area contributed by atoms with Crippen LogP contribution in [0.5, 0.6) is 0 Å². The fraction of sp³-hybridized carbons (Fsp3) is 0.350. The van der Waals surface area contributed by atoms with E-state index in [2.05, 4.69) is 25.4 Å². The number of carbonyl (C=O) groups excluding carboxylic acids is 1. The van der Waals surface area contributed by atoms with Gasteiger partial charge in [0.05, 0.1) is 10.7 Å². The highest BCUT2D eigenvalue weighted by Gasteiger charge is 2.25. The van der Waals surface area contributed by atoms with Crippen LogP contribution in [-0.4, -0.2) is 39.1 Å². The van der Waals surface area contributed by atoms with Crippen molar-refractivity contribution >= 4 is 22.9 Å². The molecule has 27 heavy (non-hydrogen) atoms. The molecule has 0 saturated carbocycles. The minimum absolute atomic E-state index is 0.0697. The van der Waals surface area contributed by atoms with E-state index in [1.807, 2.05) is 43.5 Å². The molecule has 1 saturated heterocycles. The molecule has 1 aliphatic heterocycles. The molecule has 0 aliphatic carbocycles. The van der Waals surface area contributed by atoms with Gasteiger partial charge in [-0.1, -0.05) is 12.1 Å². The smallest absolute Gasteiger partial charge is 0.227 e. The molecule has 1 aliphatic rings. The number of amides is 1. The number of nitrogens with zero attached hydrogens (tertiary/aromatic N) is 3. The molecule has 0 atom stereocenters. The topological polar surface area (TPSA) is 73.9 Å². The van der Waals surface area contributed by atoms with Gasteiger partial charge in [0.1, 0.15) is 0 Å². The second-order valence-electron chi connectivity index (χ2n) is 6.94. The zero-order valence-corrected chi connectivity index (χ0v) is 16.1. The number of aryl methyl sites for hydroxylation is 1. The second-order valence-corrected chi connectivity index (χ2v) is 8.26. The first-order chi connectivity index (χ1) is 13.2. The normalized spacial score (nSPS) is 15.7. The number of nitrogens with one attached hydrogen (secondary N) is 2. The molecule has 1 amide bonds. The summed E-state index contributed by atoms with van der Waals surface area (Å²) in [5.41, 5.74) is 2.78. The number of likely N-dealkylation sites (tertiary alicyclic amines) is 1. The van der Waals surface area contributed by atoms with Gasteiger partial charge in [-0.3, -0.25) is 14.8 Å². The predicted octanol–water partition coefficient (Wildman–Crippen LogP) is 3.69. The van der Waals surface area contributed by atoms with Gasteiger partial charge < -0.3 is 5.32 Å². The Balaban J connectivity index is 1.31. The van der Waals surface area contributed by atoms with Gasteiger partial charge in [0.15, 0.2) is 0 Å². The van der Waals surface area contributed by atoms with Gasteiger partial charge in [0.2, 0.25) is 5.91 Å². The second kappa shape index (κ2) is 8.02. The molecular weight excluding hydrogens is 358 g/mol. The van der Waals surface area contributed by atoms with Crippen LogP contribution in [0, 0.1) is 12.8 Å². The Morgan fingerprint density at radius 3 is 2.89 bits per heavy atom. The molecule has 4 rings (SSSR count). The monoisotopic (exact) mass is 381 g/mol. The van der Waals surface area contributed by atoms with Crippen molar-refractivity contribution in [3.05, 3.63) is 52.6 Å². The van der Waals surface area contributed by atoms with Crippen molar-refractivity contribution in [2.45, 2.75) is 26.3 Å². The van der Waals surface area contributed by atoms with Crippen LogP contribution < -0.4 is 5.32 Å². The third-order valence-electron chi connectivity index (χ3n) is 4.95. The van der Waals surface area contributed by atoms with Gasteiger partial charge in [-0.25, -0.2) is 4.98 Å². The van der Waals surface area contributed by atoms with Crippen LogP contribution in [0.15, 0.2) is 42.7 Å². The summed E-state index contributed by atoms with van der Waals surface area (Å²) in [6.07, 6.45) is 5.47. The quantitative estimate of drug-likeness (QED) is 0.707. The average molecular weight is 382 g/mol. The summed E-state index contributed by atoms with van der Waals surface area (Å²) in [4.78, 5) is 20.7. The highest BCUT2D eigenvalue weighted by atomic mass is 32.1. The summed E-state index contributed by atoms with van der Waals surface area (Å²) in [6, 6.07) is 9.78. The molecular formula is C20H23N5OS. The zero-order valence-electron chi connectivity index (χ0n) is 15.3. The van der Waals surface area contributed by atoms with Crippen LogP contribution in [0.1, 0.15) is 22.7 Å². The lowest BCUT2D eigenvalue weighted by molar-refractivity contribution is -0.121. The van der Waals surface area contributed by atoms with Crippen molar-refractivity contribution in [3.8, 4) is 11.3 Å². The summed E-state index contributed by atoms with van der Waals surface area (Å²) in [6.45, 7) is 4.87. The minimum atomic E-state index is 0.0697. The molecule has 2 aromatic heterocycles. The van der Waals surface area contributed by atoms with E-state index in [1.165, 1.54) is 4.88 Å². The Morgan fingerprint density at radius 1 is 1.33 bits per heavy atom. The Bertz CT molecular complexity index is 897. The van der Waals surface area contributed by atoms with Gasteiger partial charge in [-0.2, -0.15) is 5.10 Å². The van der Waals surface area contributed by atoms with Crippen LogP contribution in [0.4, 0.5) is 5.69 Å². The Hall–Kier alpha value is -2.51. The summed E-state index contributed by atoms with van der Waals surface area (Å²) in [7, 11) is 0. The Morgan fingerprint density at radius 2 is 2.19 bits per heavy atom. The molecule has 3 heterocycles. The number of benzene rings is 1.